The summed E-state index contributed by atoms with van der Waals surface area (Å²) in [5.41, 5.74) is 8.65. The fourth-order valence-corrected chi connectivity index (χ4v) is 2.24. The predicted octanol–water partition coefficient (Wildman–Crippen LogP) is 2.82. The topological polar surface area (TPSA) is 44.5 Å². The lowest BCUT2D eigenvalue weighted by Gasteiger charge is -2.13. The van der Waals surface area contributed by atoms with Crippen molar-refractivity contribution in [3.8, 4) is 11.5 Å². The van der Waals surface area contributed by atoms with Crippen molar-refractivity contribution in [3.05, 3.63) is 59.7 Å². The van der Waals surface area contributed by atoms with Crippen LogP contribution < -0.4 is 15.2 Å². The molecule has 20 heavy (non-hydrogen) atoms. The molecule has 0 spiro atoms. The second-order valence-electron chi connectivity index (χ2n) is 4.87. The van der Waals surface area contributed by atoms with E-state index in [4.69, 9.17) is 15.2 Å². The van der Waals surface area contributed by atoms with E-state index >= 15 is 0 Å². The number of benzene rings is 2. The second-order valence-corrected chi connectivity index (χ2v) is 4.87. The molecule has 0 bridgehead atoms. The molecule has 2 N–H and O–H groups in total. The lowest BCUT2D eigenvalue weighted by atomic mass is 9.99. The van der Waals surface area contributed by atoms with E-state index < -0.39 is 0 Å². The molecule has 3 nitrogen and oxygen atoms in total. The Labute approximate surface area is 120 Å². The third-order valence-corrected chi connectivity index (χ3v) is 3.29. The van der Waals surface area contributed by atoms with Gasteiger partial charge in [0.05, 0.1) is 14.2 Å². The van der Waals surface area contributed by atoms with Gasteiger partial charge in [-0.05, 0) is 48.2 Å². The second kappa shape index (κ2) is 6.96. The van der Waals surface area contributed by atoms with E-state index in [-0.39, 0.29) is 6.04 Å². The van der Waals surface area contributed by atoms with Gasteiger partial charge < -0.3 is 15.2 Å². The summed E-state index contributed by atoms with van der Waals surface area (Å²) >= 11 is 0. The smallest absolute Gasteiger partial charge is 0.119 e. The van der Waals surface area contributed by atoms with Gasteiger partial charge in [0.15, 0.2) is 0 Å². The fraction of sp³-hybridized carbons (Fsp3) is 0.294. The molecule has 0 saturated carbocycles. The van der Waals surface area contributed by atoms with Gasteiger partial charge in [-0.3, -0.25) is 0 Å². The SMILES string of the molecule is COc1ccc(CC(N)Cc2cccc(OC)c2)cc1. The van der Waals surface area contributed by atoms with Gasteiger partial charge in [0.25, 0.3) is 0 Å². The molecule has 0 heterocycles. The summed E-state index contributed by atoms with van der Waals surface area (Å²) in [7, 11) is 3.35. The van der Waals surface area contributed by atoms with Gasteiger partial charge >= 0.3 is 0 Å². The summed E-state index contributed by atoms with van der Waals surface area (Å²) in [6.45, 7) is 0. The molecule has 0 saturated heterocycles. The van der Waals surface area contributed by atoms with Gasteiger partial charge in [-0.2, -0.15) is 0 Å². The Bertz CT molecular complexity index is 537. The third-order valence-electron chi connectivity index (χ3n) is 3.29. The monoisotopic (exact) mass is 271 g/mol. The number of methoxy groups -OCH3 is 2. The molecule has 0 aliphatic carbocycles. The van der Waals surface area contributed by atoms with E-state index in [0.29, 0.717) is 0 Å². The first-order valence-corrected chi connectivity index (χ1v) is 6.72. The van der Waals surface area contributed by atoms with Crippen LogP contribution in [0, 0.1) is 0 Å². The van der Waals surface area contributed by atoms with Crippen LogP contribution in [0.1, 0.15) is 11.1 Å². The first kappa shape index (κ1) is 14.4. The zero-order valence-electron chi connectivity index (χ0n) is 12.0. The Hall–Kier alpha value is -2.00. The molecule has 2 rings (SSSR count). The maximum atomic E-state index is 6.23. The summed E-state index contributed by atoms with van der Waals surface area (Å²) in [5.74, 6) is 1.74. The zero-order chi connectivity index (χ0) is 14.4. The molecular formula is C17H21NO2. The lowest BCUT2D eigenvalue weighted by Crippen LogP contribution is -2.25. The Morgan fingerprint density at radius 3 is 2.15 bits per heavy atom. The summed E-state index contributed by atoms with van der Waals surface area (Å²) in [6, 6.07) is 16.2. The molecule has 3 heteroatoms. The van der Waals surface area contributed by atoms with Crippen LogP contribution in [-0.4, -0.2) is 20.3 Å². The van der Waals surface area contributed by atoms with Gasteiger partial charge in [0.1, 0.15) is 11.5 Å². The molecule has 1 atom stereocenters. The number of nitrogens with two attached hydrogens (primary N) is 1. The third kappa shape index (κ3) is 4.00. The molecule has 0 aromatic heterocycles. The molecule has 2 aromatic carbocycles. The van der Waals surface area contributed by atoms with Gasteiger partial charge in [0, 0.05) is 6.04 Å². The average molecular weight is 271 g/mol. The number of hydrogen-bond acceptors (Lipinski definition) is 3. The quantitative estimate of drug-likeness (QED) is 0.878. The fourth-order valence-electron chi connectivity index (χ4n) is 2.24. The van der Waals surface area contributed by atoms with Crippen molar-refractivity contribution in [2.24, 2.45) is 5.73 Å². The van der Waals surface area contributed by atoms with E-state index in [1.165, 1.54) is 11.1 Å². The number of rotatable bonds is 6. The van der Waals surface area contributed by atoms with Crippen LogP contribution in [-0.2, 0) is 12.8 Å². The van der Waals surface area contributed by atoms with E-state index in [1.807, 2.05) is 30.3 Å². The van der Waals surface area contributed by atoms with Crippen LogP contribution in [0.2, 0.25) is 0 Å². The Kier molecular flexibility index (Phi) is 5.02. The van der Waals surface area contributed by atoms with Crippen molar-refractivity contribution in [2.75, 3.05) is 14.2 Å². The van der Waals surface area contributed by atoms with Gasteiger partial charge in [0.2, 0.25) is 0 Å². The first-order chi connectivity index (χ1) is 9.71. The van der Waals surface area contributed by atoms with E-state index in [0.717, 1.165) is 24.3 Å². The molecule has 0 aliphatic rings. The van der Waals surface area contributed by atoms with Crippen LogP contribution in [0.15, 0.2) is 48.5 Å². The van der Waals surface area contributed by atoms with Crippen LogP contribution in [0.25, 0.3) is 0 Å². The van der Waals surface area contributed by atoms with Crippen LogP contribution in [0.4, 0.5) is 0 Å². The zero-order valence-corrected chi connectivity index (χ0v) is 12.0. The van der Waals surface area contributed by atoms with Crippen molar-refractivity contribution in [1.29, 1.82) is 0 Å². The van der Waals surface area contributed by atoms with Gasteiger partial charge in [-0.25, -0.2) is 0 Å². The van der Waals surface area contributed by atoms with Crippen molar-refractivity contribution >= 4 is 0 Å². The summed E-state index contributed by atoms with van der Waals surface area (Å²) in [5, 5.41) is 0. The van der Waals surface area contributed by atoms with Crippen molar-refractivity contribution in [3.63, 3.8) is 0 Å². The minimum absolute atomic E-state index is 0.0931. The largest absolute Gasteiger partial charge is 0.497 e. The van der Waals surface area contributed by atoms with E-state index in [2.05, 4.69) is 18.2 Å². The predicted molar refractivity (Wildman–Crippen MR) is 81.4 cm³/mol. The minimum atomic E-state index is 0.0931. The molecule has 0 radical (unpaired) electrons. The summed E-state index contributed by atoms with van der Waals surface area (Å²) in [4.78, 5) is 0. The highest BCUT2D eigenvalue weighted by molar-refractivity contribution is 5.30. The van der Waals surface area contributed by atoms with Gasteiger partial charge in [-0.1, -0.05) is 24.3 Å². The highest BCUT2D eigenvalue weighted by Crippen LogP contribution is 2.16. The van der Waals surface area contributed by atoms with Crippen molar-refractivity contribution < 1.29 is 9.47 Å². The van der Waals surface area contributed by atoms with Crippen LogP contribution in [0.3, 0.4) is 0 Å². The maximum Gasteiger partial charge on any atom is 0.119 e. The molecule has 0 aliphatic heterocycles. The molecule has 0 fully saturated rings. The highest BCUT2D eigenvalue weighted by Gasteiger charge is 2.06. The molecule has 2 aromatic rings. The van der Waals surface area contributed by atoms with Crippen molar-refractivity contribution in [2.45, 2.75) is 18.9 Å². The standard InChI is InChI=1S/C17H21NO2/c1-19-16-8-6-13(7-9-16)10-15(18)11-14-4-3-5-17(12-14)20-2/h3-9,12,15H,10-11,18H2,1-2H3. The Morgan fingerprint density at radius 2 is 1.50 bits per heavy atom. The van der Waals surface area contributed by atoms with Crippen LogP contribution in [0.5, 0.6) is 11.5 Å². The molecule has 1 unspecified atom stereocenters. The van der Waals surface area contributed by atoms with E-state index in [9.17, 15) is 0 Å². The first-order valence-electron chi connectivity index (χ1n) is 6.72. The minimum Gasteiger partial charge on any atom is -0.497 e. The maximum absolute atomic E-state index is 6.23. The highest BCUT2D eigenvalue weighted by atomic mass is 16.5. The number of hydrogen-bond donors (Lipinski definition) is 1. The molecule has 0 amide bonds. The summed E-state index contributed by atoms with van der Waals surface area (Å²) < 4.78 is 10.4. The lowest BCUT2D eigenvalue weighted by molar-refractivity contribution is 0.414. The number of ether oxygens (including phenoxy) is 2. The Balaban J connectivity index is 1.95. The normalized spacial score (nSPS) is 11.9. The molecule has 106 valence electrons. The van der Waals surface area contributed by atoms with Crippen LogP contribution >= 0.6 is 0 Å². The van der Waals surface area contributed by atoms with E-state index in [1.54, 1.807) is 14.2 Å². The summed E-state index contributed by atoms with van der Waals surface area (Å²) in [6.07, 6.45) is 1.68. The van der Waals surface area contributed by atoms with Gasteiger partial charge in [-0.15, -0.1) is 0 Å². The molecular weight excluding hydrogens is 250 g/mol. The van der Waals surface area contributed by atoms with Crippen molar-refractivity contribution in [1.82, 2.24) is 0 Å². The Morgan fingerprint density at radius 1 is 0.850 bits per heavy atom. The average Bonchev–Trinajstić information content (AvgIpc) is 2.48.